The molecule has 2 aromatic rings. The van der Waals surface area contributed by atoms with Crippen LogP contribution in [0.2, 0.25) is 0 Å². The van der Waals surface area contributed by atoms with Crippen LogP contribution in [0.3, 0.4) is 0 Å². The Balaban J connectivity index is 2.84. The van der Waals surface area contributed by atoms with E-state index >= 15 is 0 Å². The molecule has 0 atom stereocenters. The van der Waals surface area contributed by atoms with Gasteiger partial charge in [0.25, 0.3) is 0 Å². The maximum Gasteiger partial charge on any atom is 0.143 e. The fourth-order valence-electron chi connectivity index (χ4n) is 1.73. The molecule has 0 saturated carbocycles. The minimum atomic E-state index is 0.380. The lowest BCUT2D eigenvalue weighted by molar-refractivity contribution is 0.464. The Morgan fingerprint density at radius 2 is 2.07 bits per heavy atom. The third-order valence-corrected chi connectivity index (χ3v) is 2.52. The fraction of sp³-hybridized carbons (Fsp3) is 0.364. The van der Waals surface area contributed by atoms with Crippen molar-refractivity contribution in [3.8, 4) is 5.75 Å². The molecule has 1 N–H and O–H groups in total. The van der Waals surface area contributed by atoms with E-state index in [4.69, 9.17) is 0 Å². The maximum absolute atomic E-state index is 9.85. The number of aromatic hydroxyl groups is 1. The summed E-state index contributed by atoms with van der Waals surface area (Å²) in [6.45, 7) is 5.88. The van der Waals surface area contributed by atoms with Crippen LogP contribution in [-0.4, -0.2) is 14.5 Å². The molecule has 0 radical (unpaired) electrons. The summed E-state index contributed by atoms with van der Waals surface area (Å²) in [4.78, 5) is 4.35. The van der Waals surface area contributed by atoms with Crippen LogP contribution in [0.5, 0.6) is 5.75 Å². The monoisotopic (exact) mass is 190 g/mol. The van der Waals surface area contributed by atoms with Crippen molar-refractivity contribution in [2.24, 2.45) is 0 Å². The molecule has 3 nitrogen and oxygen atoms in total. The number of imidazole rings is 1. The van der Waals surface area contributed by atoms with E-state index in [1.807, 2.05) is 37.6 Å². The minimum absolute atomic E-state index is 0.380. The Morgan fingerprint density at radius 3 is 2.71 bits per heavy atom. The Morgan fingerprint density at radius 1 is 1.36 bits per heavy atom. The van der Waals surface area contributed by atoms with Gasteiger partial charge >= 0.3 is 0 Å². The van der Waals surface area contributed by atoms with Crippen molar-refractivity contribution in [1.29, 1.82) is 0 Å². The van der Waals surface area contributed by atoms with Gasteiger partial charge in [0.1, 0.15) is 11.4 Å². The largest absolute Gasteiger partial charge is 0.507 e. The van der Waals surface area contributed by atoms with Crippen LogP contribution in [0.15, 0.2) is 12.4 Å². The Hall–Kier alpha value is -1.51. The predicted octanol–water partition coefficient (Wildman–Crippen LogP) is 2.22. The van der Waals surface area contributed by atoms with Gasteiger partial charge in [-0.2, -0.15) is 0 Å². The summed E-state index contributed by atoms with van der Waals surface area (Å²) in [6, 6.07) is 0. The molecule has 0 amide bonds. The first kappa shape index (κ1) is 9.06. The Labute approximate surface area is 83.0 Å². The molecule has 2 heterocycles. The number of hydrogen-bond donors (Lipinski definition) is 1. The van der Waals surface area contributed by atoms with Gasteiger partial charge in [-0.1, -0.05) is 6.92 Å². The minimum Gasteiger partial charge on any atom is -0.507 e. The van der Waals surface area contributed by atoms with Crippen LogP contribution >= 0.6 is 0 Å². The summed E-state index contributed by atoms with van der Waals surface area (Å²) >= 11 is 0. The van der Waals surface area contributed by atoms with Crippen molar-refractivity contribution in [2.45, 2.75) is 27.2 Å². The normalized spacial score (nSPS) is 11.1. The van der Waals surface area contributed by atoms with Gasteiger partial charge in [0.2, 0.25) is 0 Å². The van der Waals surface area contributed by atoms with Crippen LogP contribution in [0, 0.1) is 13.8 Å². The number of aryl methyl sites for hydroxylation is 3. The average molecular weight is 190 g/mol. The molecule has 0 spiro atoms. The van der Waals surface area contributed by atoms with Gasteiger partial charge in [0, 0.05) is 23.5 Å². The number of nitrogens with zero attached hydrogens (tertiary/aromatic N) is 2. The lowest BCUT2D eigenvalue weighted by Gasteiger charge is -2.06. The van der Waals surface area contributed by atoms with Gasteiger partial charge in [-0.25, -0.2) is 4.98 Å². The molecule has 0 aliphatic heterocycles. The molecular formula is C11H14N2O. The first-order chi connectivity index (χ1) is 6.63. The molecule has 0 aliphatic rings. The number of pyridine rings is 1. The number of rotatable bonds is 1. The van der Waals surface area contributed by atoms with Crippen LogP contribution < -0.4 is 0 Å². The predicted molar refractivity (Wildman–Crippen MR) is 55.7 cm³/mol. The Kier molecular flexibility index (Phi) is 1.95. The highest BCUT2D eigenvalue weighted by Crippen LogP contribution is 2.25. The lowest BCUT2D eigenvalue weighted by Crippen LogP contribution is -1.93. The van der Waals surface area contributed by atoms with E-state index in [0.29, 0.717) is 5.75 Å². The van der Waals surface area contributed by atoms with Crippen molar-refractivity contribution in [2.75, 3.05) is 0 Å². The topological polar surface area (TPSA) is 37.5 Å². The maximum atomic E-state index is 9.85. The molecule has 0 saturated heterocycles. The van der Waals surface area contributed by atoms with Crippen molar-refractivity contribution >= 4 is 5.65 Å². The van der Waals surface area contributed by atoms with E-state index in [0.717, 1.165) is 28.9 Å². The van der Waals surface area contributed by atoms with Crippen LogP contribution in [0.4, 0.5) is 0 Å². The molecular weight excluding hydrogens is 176 g/mol. The zero-order chi connectivity index (χ0) is 10.3. The second kappa shape index (κ2) is 3.01. The zero-order valence-electron chi connectivity index (χ0n) is 8.70. The Bertz CT molecular complexity index is 485. The quantitative estimate of drug-likeness (QED) is 0.748. The molecule has 0 aliphatic carbocycles. The van der Waals surface area contributed by atoms with Gasteiger partial charge in [0.15, 0.2) is 0 Å². The third kappa shape index (κ3) is 1.16. The van der Waals surface area contributed by atoms with Crippen molar-refractivity contribution in [3.05, 3.63) is 29.2 Å². The molecule has 0 aromatic carbocycles. The summed E-state index contributed by atoms with van der Waals surface area (Å²) in [7, 11) is 0. The van der Waals surface area contributed by atoms with Gasteiger partial charge in [-0.15, -0.1) is 0 Å². The van der Waals surface area contributed by atoms with E-state index in [-0.39, 0.29) is 0 Å². The fourth-order valence-corrected chi connectivity index (χ4v) is 1.73. The van der Waals surface area contributed by atoms with Crippen molar-refractivity contribution in [1.82, 2.24) is 9.38 Å². The number of fused-ring (bicyclic) bond motifs is 1. The highest BCUT2D eigenvalue weighted by Gasteiger charge is 2.09. The molecule has 14 heavy (non-hydrogen) atoms. The highest BCUT2D eigenvalue weighted by atomic mass is 16.3. The molecule has 74 valence electrons. The van der Waals surface area contributed by atoms with Gasteiger partial charge < -0.3 is 9.51 Å². The van der Waals surface area contributed by atoms with Gasteiger partial charge in [0.05, 0.1) is 5.69 Å². The summed E-state index contributed by atoms with van der Waals surface area (Å²) in [6.07, 6.45) is 4.75. The molecule has 0 fully saturated rings. The van der Waals surface area contributed by atoms with Crippen LogP contribution in [0.1, 0.15) is 23.7 Å². The van der Waals surface area contributed by atoms with E-state index in [2.05, 4.69) is 4.98 Å². The third-order valence-electron chi connectivity index (χ3n) is 2.52. The standard InChI is InChI=1S/C11H14N2O/c1-4-9-6-13-5-7(2)12-11(13)8(3)10(9)14/h5-6,14H,4H2,1-3H3. The summed E-state index contributed by atoms with van der Waals surface area (Å²) in [5, 5.41) is 9.85. The zero-order valence-corrected chi connectivity index (χ0v) is 8.70. The van der Waals surface area contributed by atoms with Crippen LogP contribution in [-0.2, 0) is 6.42 Å². The molecule has 0 bridgehead atoms. The van der Waals surface area contributed by atoms with Crippen molar-refractivity contribution in [3.63, 3.8) is 0 Å². The second-order valence-electron chi connectivity index (χ2n) is 3.59. The molecule has 2 rings (SSSR count). The summed E-state index contributed by atoms with van der Waals surface area (Å²) in [5.41, 5.74) is 3.64. The average Bonchev–Trinajstić information content (AvgIpc) is 2.52. The second-order valence-corrected chi connectivity index (χ2v) is 3.59. The molecule has 0 unspecified atom stereocenters. The lowest BCUT2D eigenvalue weighted by atomic mass is 10.1. The smallest absolute Gasteiger partial charge is 0.143 e. The molecule has 2 aromatic heterocycles. The SMILES string of the molecule is CCc1cn2cc(C)nc2c(C)c1O. The summed E-state index contributed by atoms with van der Waals surface area (Å²) in [5.74, 6) is 0.380. The highest BCUT2D eigenvalue weighted by molar-refractivity contribution is 5.57. The van der Waals surface area contributed by atoms with Gasteiger partial charge in [-0.3, -0.25) is 0 Å². The first-order valence-electron chi connectivity index (χ1n) is 4.80. The summed E-state index contributed by atoms with van der Waals surface area (Å²) < 4.78 is 1.98. The van der Waals surface area contributed by atoms with Crippen LogP contribution in [0.25, 0.3) is 5.65 Å². The van der Waals surface area contributed by atoms with E-state index < -0.39 is 0 Å². The van der Waals surface area contributed by atoms with Gasteiger partial charge in [-0.05, 0) is 20.3 Å². The number of hydrogen-bond acceptors (Lipinski definition) is 2. The number of aromatic nitrogens is 2. The molecule has 3 heteroatoms. The first-order valence-corrected chi connectivity index (χ1v) is 4.80. The van der Waals surface area contributed by atoms with Crippen molar-refractivity contribution < 1.29 is 5.11 Å². The van der Waals surface area contributed by atoms with E-state index in [1.54, 1.807) is 0 Å². The van der Waals surface area contributed by atoms with E-state index in [1.165, 1.54) is 0 Å². The van der Waals surface area contributed by atoms with E-state index in [9.17, 15) is 5.11 Å².